The molecular formula is C11H18N2O3S2. The first-order valence-corrected chi connectivity index (χ1v) is 8.76. The third-order valence-electron chi connectivity index (χ3n) is 3.57. The average molecular weight is 290 g/mol. The average Bonchev–Trinajstić information content (AvgIpc) is 2.73. The lowest BCUT2D eigenvalue weighted by Crippen LogP contribution is -2.34. The zero-order valence-electron chi connectivity index (χ0n) is 10.8. The summed E-state index contributed by atoms with van der Waals surface area (Å²) in [5.74, 6) is 0.186. The highest BCUT2D eigenvalue weighted by atomic mass is 32.2. The number of amides is 1. The van der Waals surface area contributed by atoms with E-state index in [0.717, 1.165) is 6.42 Å². The molecule has 0 saturated carbocycles. The minimum Gasteiger partial charge on any atom is -0.349 e. The van der Waals surface area contributed by atoms with E-state index in [1.807, 2.05) is 25.8 Å². The van der Waals surface area contributed by atoms with Crippen LogP contribution in [-0.4, -0.2) is 54.2 Å². The molecule has 0 radical (unpaired) electrons. The molecule has 7 heteroatoms. The van der Waals surface area contributed by atoms with Crippen LogP contribution in [0.3, 0.4) is 0 Å². The number of thioether (sulfide) groups is 1. The number of carbonyl (C=O) groups is 1. The maximum atomic E-state index is 11.8. The molecule has 5 nitrogen and oxygen atoms in total. The summed E-state index contributed by atoms with van der Waals surface area (Å²) in [5.41, 5.74) is 0. The molecule has 18 heavy (non-hydrogen) atoms. The predicted octanol–water partition coefficient (Wildman–Crippen LogP) is 0.759. The molecule has 0 bridgehead atoms. The van der Waals surface area contributed by atoms with E-state index in [-0.39, 0.29) is 34.6 Å². The smallest absolute Gasteiger partial charge is 0.250 e. The zero-order valence-corrected chi connectivity index (χ0v) is 12.4. The van der Waals surface area contributed by atoms with Gasteiger partial charge in [-0.15, -0.1) is 0 Å². The molecule has 2 rings (SSSR count). The molecule has 2 heterocycles. The maximum Gasteiger partial charge on any atom is 0.250 e. The number of hydrogen-bond donors (Lipinski definition) is 0. The minimum atomic E-state index is -2.91. The van der Waals surface area contributed by atoms with Gasteiger partial charge in [-0.25, -0.2) is 8.42 Å². The van der Waals surface area contributed by atoms with E-state index in [1.54, 1.807) is 0 Å². The molecule has 0 N–H and O–H groups in total. The van der Waals surface area contributed by atoms with E-state index in [0.29, 0.717) is 5.17 Å². The molecule has 0 unspecified atom stereocenters. The molecule has 0 aromatic carbocycles. The van der Waals surface area contributed by atoms with E-state index in [4.69, 9.17) is 0 Å². The lowest BCUT2D eigenvalue weighted by Gasteiger charge is -2.18. The third-order valence-corrected chi connectivity index (χ3v) is 6.87. The van der Waals surface area contributed by atoms with Crippen molar-refractivity contribution in [2.24, 2.45) is 10.9 Å². The Bertz CT molecular complexity index is 487. The molecule has 0 aromatic heterocycles. The molecule has 0 aliphatic carbocycles. The van der Waals surface area contributed by atoms with Gasteiger partial charge in [0, 0.05) is 18.2 Å². The highest BCUT2D eigenvalue weighted by Gasteiger charge is 2.47. The third kappa shape index (κ3) is 2.56. The fourth-order valence-electron chi connectivity index (χ4n) is 2.12. The molecule has 0 spiro atoms. The van der Waals surface area contributed by atoms with Crippen molar-refractivity contribution in [2.75, 3.05) is 18.6 Å². The maximum absolute atomic E-state index is 11.8. The Hall–Kier alpha value is -0.560. The normalized spacial score (nSPS) is 33.7. The summed E-state index contributed by atoms with van der Waals surface area (Å²) in [6.07, 6.45) is 0.769. The van der Waals surface area contributed by atoms with Crippen molar-refractivity contribution in [2.45, 2.75) is 31.6 Å². The van der Waals surface area contributed by atoms with Crippen molar-refractivity contribution < 1.29 is 13.2 Å². The number of aliphatic imine (C=N–C) groups is 1. The van der Waals surface area contributed by atoms with Crippen molar-refractivity contribution >= 4 is 32.7 Å². The number of fused-ring (bicyclic) bond motifs is 1. The molecule has 2 aliphatic rings. The van der Waals surface area contributed by atoms with Gasteiger partial charge in [-0.3, -0.25) is 4.79 Å². The van der Waals surface area contributed by atoms with Crippen LogP contribution in [-0.2, 0) is 14.6 Å². The standard InChI is InChI=1S/C11H18N2O3S2/c1-4-7(2)10(14)12-11-13(3)8-5-18(15,16)6-9(8)17-11/h7-9H,4-6H2,1-3H3/t7-,8+,9-/m1/s1. The highest BCUT2D eigenvalue weighted by Crippen LogP contribution is 2.37. The summed E-state index contributed by atoms with van der Waals surface area (Å²) in [6, 6.07) is -0.0246. The Labute approximate surface area is 112 Å². The number of hydrogen-bond acceptors (Lipinski definition) is 4. The Balaban J connectivity index is 2.12. The minimum absolute atomic E-state index is 0.0246. The van der Waals surface area contributed by atoms with E-state index < -0.39 is 9.84 Å². The van der Waals surface area contributed by atoms with E-state index in [1.165, 1.54) is 11.8 Å². The van der Waals surface area contributed by atoms with Crippen LogP contribution in [0.15, 0.2) is 4.99 Å². The quantitative estimate of drug-likeness (QED) is 0.751. The van der Waals surface area contributed by atoms with Gasteiger partial charge < -0.3 is 4.90 Å². The van der Waals surface area contributed by atoms with Crippen molar-refractivity contribution in [3.63, 3.8) is 0 Å². The summed E-state index contributed by atoms with van der Waals surface area (Å²) in [4.78, 5) is 17.8. The second-order valence-electron chi connectivity index (χ2n) is 4.95. The van der Waals surface area contributed by atoms with Crippen molar-refractivity contribution in [1.82, 2.24) is 4.90 Å². The summed E-state index contributed by atoms with van der Waals surface area (Å²) >= 11 is 1.42. The van der Waals surface area contributed by atoms with Gasteiger partial charge in [0.25, 0.3) is 5.91 Å². The summed E-state index contributed by atoms with van der Waals surface area (Å²) < 4.78 is 23.1. The first-order chi connectivity index (χ1) is 8.34. The largest absolute Gasteiger partial charge is 0.349 e. The number of rotatable bonds is 2. The van der Waals surface area contributed by atoms with Crippen LogP contribution in [0.25, 0.3) is 0 Å². The van der Waals surface area contributed by atoms with Crippen molar-refractivity contribution in [3.05, 3.63) is 0 Å². The van der Waals surface area contributed by atoms with Gasteiger partial charge in [-0.1, -0.05) is 25.6 Å². The molecule has 2 fully saturated rings. The second-order valence-corrected chi connectivity index (χ2v) is 8.31. The second kappa shape index (κ2) is 4.85. The molecule has 2 saturated heterocycles. The van der Waals surface area contributed by atoms with Crippen LogP contribution < -0.4 is 0 Å². The van der Waals surface area contributed by atoms with Gasteiger partial charge in [-0.2, -0.15) is 4.99 Å². The van der Waals surface area contributed by atoms with E-state index in [2.05, 4.69) is 4.99 Å². The molecular weight excluding hydrogens is 272 g/mol. The van der Waals surface area contributed by atoms with Gasteiger partial charge in [0.05, 0.1) is 17.5 Å². The highest BCUT2D eigenvalue weighted by molar-refractivity contribution is 8.15. The summed E-state index contributed by atoms with van der Waals surface area (Å²) in [5, 5.41) is 0.702. The predicted molar refractivity (Wildman–Crippen MR) is 73.5 cm³/mol. The molecule has 1 amide bonds. The lowest BCUT2D eigenvalue weighted by atomic mass is 10.1. The van der Waals surface area contributed by atoms with E-state index >= 15 is 0 Å². The summed E-state index contributed by atoms with van der Waals surface area (Å²) in [6.45, 7) is 3.81. The van der Waals surface area contributed by atoms with Gasteiger partial charge in [-0.05, 0) is 6.42 Å². The van der Waals surface area contributed by atoms with Gasteiger partial charge in [0.15, 0.2) is 15.0 Å². The Morgan fingerprint density at radius 2 is 2.22 bits per heavy atom. The molecule has 0 aromatic rings. The number of carbonyl (C=O) groups excluding carboxylic acids is 1. The Morgan fingerprint density at radius 1 is 1.56 bits per heavy atom. The first kappa shape index (κ1) is 13.9. The monoisotopic (exact) mass is 290 g/mol. The molecule has 2 aliphatic heterocycles. The van der Waals surface area contributed by atoms with Crippen LogP contribution in [0, 0.1) is 5.92 Å². The Morgan fingerprint density at radius 3 is 2.78 bits per heavy atom. The SMILES string of the molecule is CC[C@@H](C)C(=O)N=C1S[C@@H]2CS(=O)(=O)C[C@@H]2N1C. The van der Waals surface area contributed by atoms with Crippen LogP contribution in [0.5, 0.6) is 0 Å². The van der Waals surface area contributed by atoms with Gasteiger partial charge in [0.1, 0.15) is 0 Å². The lowest BCUT2D eigenvalue weighted by molar-refractivity contribution is -0.121. The number of sulfone groups is 1. The fourth-order valence-corrected chi connectivity index (χ4v) is 6.12. The van der Waals surface area contributed by atoms with Gasteiger partial charge in [0.2, 0.25) is 0 Å². The van der Waals surface area contributed by atoms with Crippen LogP contribution in [0.1, 0.15) is 20.3 Å². The first-order valence-electron chi connectivity index (χ1n) is 6.06. The zero-order chi connectivity index (χ0) is 13.5. The molecule has 3 atom stereocenters. The van der Waals surface area contributed by atoms with Crippen molar-refractivity contribution in [3.8, 4) is 0 Å². The number of nitrogens with zero attached hydrogens (tertiary/aromatic N) is 2. The van der Waals surface area contributed by atoms with Crippen LogP contribution >= 0.6 is 11.8 Å². The van der Waals surface area contributed by atoms with Crippen molar-refractivity contribution in [1.29, 1.82) is 0 Å². The number of amidine groups is 1. The molecule has 102 valence electrons. The van der Waals surface area contributed by atoms with E-state index in [9.17, 15) is 13.2 Å². The fraction of sp³-hybridized carbons (Fsp3) is 0.818. The van der Waals surface area contributed by atoms with Gasteiger partial charge >= 0.3 is 0 Å². The topological polar surface area (TPSA) is 66.8 Å². The van der Waals surface area contributed by atoms with Crippen LogP contribution in [0.2, 0.25) is 0 Å². The summed E-state index contributed by atoms with van der Waals surface area (Å²) in [7, 11) is -1.09. The Kier molecular flexibility index (Phi) is 3.73. The van der Waals surface area contributed by atoms with Crippen LogP contribution in [0.4, 0.5) is 0 Å².